The van der Waals surface area contributed by atoms with Crippen LogP contribution < -0.4 is 10.6 Å². The molecule has 1 aliphatic carbocycles. The van der Waals surface area contributed by atoms with Crippen LogP contribution in [-0.2, 0) is 11.2 Å². The minimum Gasteiger partial charge on any atom is -0.332 e. The van der Waals surface area contributed by atoms with Crippen LogP contribution in [0, 0.1) is 0 Å². The SMILES string of the molecule is O=C(Cc1ccc(Cl)cc1)NC(=S)Nc1ccc2c(c1)C(=O)c1ccccc1C2=O. The van der Waals surface area contributed by atoms with E-state index in [1.54, 1.807) is 66.7 Å². The zero-order valence-electron chi connectivity index (χ0n) is 15.6. The Labute approximate surface area is 183 Å². The van der Waals surface area contributed by atoms with Crippen molar-refractivity contribution in [1.29, 1.82) is 0 Å². The fraction of sp³-hybridized carbons (Fsp3) is 0.0435. The Morgan fingerprint density at radius 2 is 1.43 bits per heavy atom. The smallest absolute Gasteiger partial charge is 0.230 e. The van der Waals surface area contributed by atoms with Crippen LogP contribution in [0.5, 0.6) is 0 Å². The van der Waals surface area contributed by atoms with E-state index in [4.69, 9.17) is 23.8 Å². The molecule has 4 rings (SSSR count). The van der Waals surface area contributed by atoms with Crippen molar-refractivity contribution < 1.29 is 14.4 Å². The number of carbonyl (C=O) groups is 3. The van der Waals surface area contributed by atoms with Gasteiger partial charge in [0.05, 0.1) is 6.42 Å². The molecule has 2 N–H and O–H groups in total. The van der Waals surface area contributed by atoms with Gasteiger partial charge in [0.2, 0.25) is 5.91 Å². The zero-order chi connectivity index (χ0) is 21.3. The van der Waals surface area contributed by atoms with Gasteiger partial charge in [-0.3, -0.25) is 14.4 Å². The number of hydrogen-bond donors (Lipinski definition) is 2. The Bertz CT molecular complexity index is 1210. The van der Waals surface area contributed by atoms with Crippen molar-refractivity contribution in [2.24, 2.45) is 0 Å². The van der Waals surface area contributed by atoms with E-state index >= 15 is 0 Å². The van der Waals surface area contributed by atoms with Gasteiger partial charge < -0.3 is 10.6 Å². The molecular weight excluding hydrogens is 420 g/mol. The Kier molecular flexibility index (Phi) is 5.44. The highest BCUT2D eigenvalue weighted by Crippen LogP contribution is 2.29. The Morgan fingerprint density at radius 3 is 2.10 bits per heavy atom. The monoisotopic (exact) mass is 434 g/mol. The molecule has 1 aliphatic rings. The molecule has 7 heteroatoms. The van der Waals surface area contributed by atoms with Crippen LogP contribution in [0.4, 0.5) is 5.69 Å². The van der Waals surface area contributed by atoms with Crippen LogP contribution in [0.15, 0.2) is 66.7 Å². The molecule has 148 valence electrons. The number of nitrogens with one attached hydrogen (secondary N) is 2. The third-order valence-corrected chi connectivity index (χ3v) is 5.17. The molecule has 0 atom stereocenters. The van der Waals surface area contributed by atoms with Gasteiger partial charge in [-0.2, -0.15) is 0 Å². The van der Waals surface area contributed by atoms with Gasteiger partial charge in [0, 0.05) is 33.0 Å². The van der Waals surface area contributed by atoms with Crippen molar-refractivity contribution in [2.75, 3.05) is 5.32 Å². The van der Waals surface area contributed by atoms with Gasteiger partial charge >= 0.3 is 0 Å². The molecule has 0 aliphatic heterocycles. The first-order chi connectivity index (χ1) is 14.4. The number of halogens is 1. The molecule has 3 aromatic rings. The second-order valence-electron chi connectivity index (χ2n) is 6.77. The van der Waals surface area contributed by atoms with Gasteiger partial charge in [0.1, 0.15) is 0 Å². The first-order valence-electron chi connectivity index (χ1n) is 9.10. The summed E-state index contributed by atoms with van der Waals surface area (Å²) in [7, 11) is 0. The average molecular weight is 435 g/mol. The summed E-state index contributed by atoms with van der Waals surface area (Å²) in [5, 5.41) is 6.19. The lowest BCUT2D eigenvalue weighted by molar-refractivity contribution is -0.119. The topological polar surface area (TPSA) is 75.3 Å². The molecular formula is C23H15ClN2O3S. The predicted octanol–water partition coefficient (Wildman–Crippen LogP) is 4.17. The fourth-order valence-corrected chi connectivity index (χ4v) is 3.66. The maximum absolute atomic E-state index is 12.8. The Hall–Kier alpha value is -3.35. The minimum absolute atomic E-state index is 0.101. The van der Waals surface area contributed by atoms with Gasteiger partial charge in [-0.15, -0.1) is 0 Å². The summed E-state index contributed by atoms with van der Waals surface area (Å²) in [5.74, 6) is -0.694. The summed E-state index contributed by atoms with van der Waals surface area (Å²) in [4.78, 5) is 37.7. The second kappa shape index (κ2) is 8.18. The molecule has 0 saturated carbocycles. The van der Waals surface area contributed by atoms with Crippen molar-refractivity contribution in [3.05, 3.63) is 99.6 Å². The minimum atomic E-state index is -0.284. The highest BCUT2D eigenvalue weighted by molar-refractivity contribution is 7.80. The van der Waals surface area contributed by atoms with E-state index < -0.39 is 0 Å². The van der Waals surface area contributed by atoms with Crippen LogP contribution >= 0.6 is 23.8 Å². The van der Waals surface area contributed by atoms with Gasteiger partial charge in [-0.05, 0) is 48.1 Å². The highest BCUT2D eigenvalue weighted by Gasteiger charge is 2.29. The van der Waals surface area contributed by atoms with Crippen LogP contribution in [-0.4, -0.2) is 22.6 Å². The molecule has 0 radical (unpaired) electrons. The summed E-state index contributed by atoms with van der Waals surface area (Å²) in [5.41, 5.74) is 2.75. The third kappa shape index (κ3) is 4.01. The van der Waals surface area contributed by atoms with Crippen molar-refractivity contribution >= 4 is 52.1 Å². The number of fused-ring (bicyclic) bond motifs is 2. The number of ketones is 2. The summed E-state index contributed by atoms with van der Waals surface area (Å²) in [6.07, 6.45) is 0.146. The number of hydrogen-bond acceptors (Lipinski definition) is 4. The van der Waals surface area contributed by atoms with Gasteiger partial charge in [0.25, 0.3) is 0 Å². The quantitative estimate of drug-likeness (QED) is 0.473. The molecule has 0 unspecified atom stereocenters. The van der Waals surface area contributed by atoms with Crippen molar-refractivity contribution in [3.8, 4) is 0 Å². The molecule has 30 heavy (non-hydrogen) atoms. The van der Waals surface area contributed by atoms with Crippen LogP contribution in [0.3, 0.4) is 0 Å². The predicted molar refractivity (Wildman–Crippen MR) is 119 cm³/mol. The van der Waals surface area contributed by atoms with Gasteiger partial charge in [-0.25, -0.2) is 0 Å². The number of benzene rings is 3. The lowest BCUT2D eigenvalue weighted by Crippen LogP contribution is -2.35. The number of anilines is 1. The lowest BCUT2D eigenvalue weighted by atomic mass is 9.84. The molecule has 3 aromatic carbocycles. The largest absolute Gasteiger partial charge is 0.332 e. The van der Waals surface area contributed by atoms with Crippen molar-refractivity contribution in [2.45, 2.75) is 6.42 Å². The fourth-order valence-electron chi connectivity index (χ4n) is 3.30. The summed E-state index contributed by atoms with van der Waals surface area (Å²) < 4.78 is 0. The molecule has 5 nitrogen and oxygen atoms in total. The number of amides is 1. The second-order valence-corrected chi connectivity index (χ2v) is 7.61. The zero-order valence-corrected chi connectivity index (χ0v) is 17.1. The van der Waals surface area contributed by atoms with E-state index in [-0.39, 0.29) is 29.0 Å². The lowest BCUT2D eigenvalue weighted by Gasteiger charge is -2.18. The van der Waals surface area contributed by atoms with Gasteiger partial charge in [0.15, 0.2) is 16.7 Å². The summed E-state index contributed by atoms with van der Waals surface area (Å²) >= 11 is 11.0. The number of rotatable bonds is 3. The number of thiocarbonyl (C=S) groups is 1. The van der Waals surface area contributed by atoms with E-state index in [9.17, 15) is 14.4 Å². The van der Waals surface area contributed by atoms with Crippen molar-refractivity contribution in [3.63, 3.8) is 0 Å². The van der Waals surface area contributed by atoms with Gasteiger partial charge in [-0.1, -0.05) is 48.0 Å². The molecule has 0 aromatic heterocycles. The third-order valence-electron chi connectivity index (χ3n) is 4.71. The summed E-state index contributed by atoms with van der Waals surface area (Å²) in [6.45, 7) is 0. The first-order valence-corrected chi connectivity index (χ1v) is 9.89. The normalized spacial score (nSPS) is 12.0. The van der Waals surface area contributed by atoms with E-state index in [1.807, 2.05) is 0 Å². The maximum Gasteiger partial charge on any atom is 0.230 e. The van der Waals surface area contributed by atoms with Crippen LogP contribution in [0.25, 0.3) is 0 Å². The first kappa shape index (κ1) is 19.9. The molecule has 1 amide bonds. The highest BCUT2D eigenvalue weighted by atomic mass is 35.5. The maximum atomic E-state index is 12.8. The van der Waals surface area contributed by atoms with E-state index in [2.05, 4.69) is 10.6 Å². The molecule has 0 heterocycles. The van der Waals surface area contributed by atoms with Crippen LogP contribution in [0.1, 0.15) is 37.4 Å². The van der Waals surface area contributed by atoms with E-state index in [0.29, 0.717) is 33.0 Å². The summed E-state index contributed by atoms with van der Waals surface area (Å²) in [6, 6.07) is 18.5. The molecule has 0 bridgehead atoms. The molecule has 0 saturated heterocycles. The van der Waals surface area contributed by atoms with E-state index in [0.717, 1.165) is 5.56 Å². The average Bonchev–Trinajstić information content (AvgIpc) is 2.73. The molecule has 0 spiro atoms. The standard InChI is InChI=1S/C23H15ClN2O3S/c24-14-7-5-13(6-8-14)11-20(27)26-23(30)25-15-9-10-18-19(12-15)22(29)17-4-2-1-3-16(17)21(18)28/h1-10,12H,11H2,(H2,25,26,27,30). The number of carbonyl (C=O) groups excluding carboxylic acids is 3. The molecule has 0 fully saturated rings. The Morgan fingerprint density at radius 1 is 0.833 bits per heavy atom. The van der Waals surface area contributed by atoms with E-state index in [1.165, 1.54) is 0 Å². The Balaban J connectivity index is 1.46. The van der Waals surface area contributed by atoms with Crippen molar-refractivity contribution in [1.82, 2.24) is 5.32 Å². The van der Waals surface area contributed by atoms with Crippen LogP contribution in [0.2, 0.25) is 5.02 Å².